The predicted molar refractivity (Wildman–Crippen MR) is 120 cm³/mol. The third kappa shape index (κ3) is 6.41. The van der Waals surface area contributed by atoms with Crippen molar-refractivity contribution in [2.24, 2.45) is 12.0 Å². The number of aryl methyl sites for hydroxylation is 2. The third-order valence-corrected chi connectivity index (χ3v) is 4.71. The minimum absolute atomic E-state index is 0. The van der Waals surface area contributed by atoms with Crippen molar-refractivity contribution in [1.82, 2.24) is 20.4 Å². The van der Waals surface area contributed by atoms with Gasteiger partial charge < -0.3 is 15.4 Å². The lowest BCUT2D eigenvalue weighted by atomic mass is 10.1. The van der Waals surface area contributed by atoms with Crippen LogP contribution in [0.3, 0.4) is 0 Å². The highest BCUT2D eigenvalue weighted by Crippen LogP contribution is 2.27. The van der Waals surface area contributed by atoms with Crippen molar-refractivity contribution in [3.8, 4) is 5.75 Å². The number of guanidine groups is 1. The van der Waals surface area contributed by atoms with E-state index in [1.807, 2.05) is 19.4 Å². The monoisotopic (exact) mass is 483 g/mol. The summed E-state index contributed by atoms with van der Waals surface area (Å²) in [6, 6.07) is 6.41. The van der Waals surface area contributed by atoms with Gasteiger partial charge in [-0.25, -0.2) is 0 Å². The zero-order chi connectivity index (χ0) is 18.4. The van der Waals surface area contributed by atoms with Crippen molar-refractivity contribution in [3.63, 3.8) is 0 Å². The maximum atomic E-state index is 6.27. The van der Waals surface area contributed by atoms with E-state index in [9.17, 15) is 0 Å². The highest BCUT2D eigenvalue weighted by Gasteiger charge is 2.18. The Labute approximate surface area is 178 Å². The Morgan fingerprint density at radius 3 is 2.67 bits per heavy atom. The molecule has 1 aliphatic rings. The first-order valence-corrected chi connectivity index (χ1v) is 9.32. The van der Waals surface area contributed by atoms with Crippen LogP contribution in [0.1, 0.15) is 42.4 Å². The zero-order valence-corrected chi connectivity index (χ0v) is 18.7. The van der Waals surface area contributed by atoms with Gasteiger partial charge >= 0.3 is 0 Å². The first kappa shape index (κ1) is 21.5. The van der Waals surface area contributed by atoms with Gasteiger partial charge in [0.15, 0.2) is 5.96 Å². The molecule has 148 valence electrons. The number of benzene rings is 1. The van der Waals surface area contributed by atoms with Crippen molar-refractivity contribution in [2.45, 2.75) is 51.8 Å². The Balaban J connectivity index is 0.00000261. The van der Waals surface area contributed by atoms with Crippen LogP contribution >= 0.6 is 24.0 Å². The van der Waals surface area contributed by atoms with Crippen LogP contribution in [0, 0.1) is 6.92 Å². The van der Waals surface area contributed by atoms with E-state index in [0.29, 0.717) is 19.2 Å². The fourth-order valence-corrected chi connectivity index (χ4v) is 3.25. The molecule has 3 rings (SSSR count). The molecule has 1 aromatic heterocycles. The van der Waals surface area contributed by atoms with Gasteiger partial charge in [-0.05, 0) is 44.2 Å². The van der Waals surface area contributed by atoms with E-state index in [2.05, 4.69) is 45.8 Å². The van der Waals surface area contributed by atoms with E-state index < -0.39 is 0 Å². The van der Waals surface area contributed by atoms with E-state index in [0.717, 1.165) is 35.7 Å². The molecule has 6 nitrogen and oxygen atoms in total. The fraction of sp³-hybridized carbons (Fsp3) is 0.500. The number of halogens is 1. The standard InChI is InChI=1S/C20H29N5O.HI/c1-15-8-9-17(19(10-15)26-18-6-4-5-7-18)13-23-20(21-2)22-11-16-12-24-25(3)14-16;/h8-10,12,14,18H,4-7,11,13H2,1-3H3,(H2,21,22,23);1H. The molecule has 1 aromatic carbocycles. The van der Waals surface area contributed by atoms with Gasteiger partial charge in [-0.1, -0.05) is 12.1 Å². The molecule has 0 unspecified atom stereocenters. The quantitative estimate of drug-likeness (QED) is 0.375. The lowest BCUT2D eigenvalue weighted by Gasteiger charge is -2.18. The molecule has 1 saturated carbocycles. The topological polar surface area (TPSA) is 63.5 Å². The van der Waals surface area contributed by atoms with Crippen molar-refractivity contribution in [2.75, 3.05) is 7.05 Å². The summed E-state index contributed by atoms with van der Waals surface area (Å²) in [6.45, 7) is 3.47. The molecule has 2 N–H and O–H groups in total. The minimum Gasteiger partial charge on any atom is -0.490 e. The van der Waals surface area contributed by atoms with Crippen LogP contribution in [0.2, 0.25) is 0 Å². The van der Waals surface area contributed by atoms with Gasteiger partial charge in [-0.2, -0.15) is 5.10 Å². The highest BCUT2D eigenvalue weighted by molar-refractivity contribution is 14.0. The second kappa shape index (κ2) is 10.5. The summed E-state index contributed by atoms with van der Waals surface area (Å²) in [5.74, 6) is 1.76. The zero-order valence-electron chi connectivity index (χ0n) is 16.4. The van der Waals surface area contributed by atoms with Crippen LogP contribution in [0.4, 0.5) is 0 Å². The molecule has 0 spiro atoms. The van der Waals surface area contributed by atoms with Gasteiger partial charge in [-0.3, -0.25) is 9.67 Å². The normalized spacial score (nSPS) is 14.7. The van der Waals surface area contributed by atoms with Crippen LogP contribution < -0.4 is 15.4 Å². The van der Waals surface area contributed by atoms with Gasteiger partial charge in [0.25, 0.3) is 0 Å². The van der Waals surface area contributed by atoms with Gasteiger partial charge in [0.2, 0.25) is 0 Å². The number of hydrogen-bond acceptors (Lipinski definition) is 3. The van der Waals surface area contributed by atoms with E-state index in [-0.39, 0.29) is 24.0 Å². The number of aliphatic imine (C=N–C) groups is 1. The van der Waals surface area contributed by atoms with Gasteiger partial charge in [0.05, 0.1) is 12.3 Å². The Morgan fingerprint density at radius 1 is 1.26 bits per heavy atom. The van der Waals surface area contributed by atoms with Crippen molar-refractivity contribution < 1.29 is 4.74 Å². The van der Waals surface area contributed by atoms with Crippen LogP contribution in [0.15, 0.2) is 35.6 Å². The Hall–Kier alpha value is -1.77. The molecule has 1 fully saturated rings. The summed E-state index contributed by atoms with van der Waals surface area (Å²) in [6.07, 6.45) is 9.08. The van der Waals surface area contributed by atoms with Crippen LogP contribution in [0.25, 0.3) is 0 Å². The van der Waals surface area contributed by atoms with Crippen molar-refractivity contribution in [1.29, 1.82) is 0 Å². The first-order valence-electron chi connectivity index (χ1n) is 9.32. The molecular weight excluding hydrogens is 453 g/mol. The van der Waals surface area contributed by atoms with E-state index >= 15 is 0 Å². The van der Waals surface area contributed by atoms with Crippen molar-refractivity contribution in [3.05, 3.63) is 47.3 Å². The molecule has 2 aromatic rings. The smallest absolute Gasteiger partial charge is 0.191 e. The number of ether oxygens (including phenoxy) is 1. The average molecular weight is 483 g/mol. The molecule has 1 aliphatic carbocycles. The molecule has 7 heteroatoms. The molecular formula is C20H30IN5O. The number of aromatic nitrogens is 2. The average Bonchev–Trinajstić information content (AvgIpc) is 3.28. The Morgan fingerprint density at radius 2 is 2.00 bits per heavy atom. The maximum absolute atomic E-state index is 6.27. The van der Waals surface area contributed by atoms with E-state index in [1.165, 1.54) is 18.4 Å². The summed E-state index contributed by atoms with van der Waals surface area (Å²) < 4.78 is 8.07. The fourth-order valence-electron chi connectivity index (χ4n) is 3.25. The number of nitrogens with zero attached hydrogens (tertiary/aromatic N) is 3. The van der Waals surface area contributed by atoms with E-state index in [4.69, 9.17) is 4.74 Å². The lowest BCUT2D eigenvalue weighted by Crippen LogP contribution is -2.36. The van der Waals surface area contributed by atoms with Gasteiger partial charge in [0.1, 0.15) is 5.75 Å². The predicted octanol–water partition coefficient (Wildman–Crippen LogP) is 3.53. The molecule has 0 amide bonds. The summed E-state index contributed by atoms with van der Waals surface area (Å²) in [5, 5.41) is 10.9. The molecule has 0 aliphatic heterocycles. The third-order valence-electron chi connectivity index (χ3n) is 4.71. The minimum atomic E-state index is 0. The van der Waals surface area contributed by atoms with E-state index in [1.54, 1.807) is 11.7 Å². The SMILES string of the molecule is CN=C(NCc1cnn(C)c1)NCc1ccc(C)cc1OC1CCCC1.I. The van der Waals surface area contributed by atoms with Gasteiger partial charge in [0, 0.05) is 44.5 Å². The summed E-state index contributed by atoms with van der Waals surface area (Å²) >= 11 is 0. The first-order chi connectivity index (χ1) is 12.6. The largest absolute Gasteiger partial charge is 0.490 e. The summed E-state index contributed by atoms with van der Waals surface area (Å²) in [4.78, 5) is 4.30. The van der Waals surface area contributed by atoms with Gasteiger partial charge in [-0.15, -0.1) is 24.0 Å². The van der Waals surface area contributed by atoms with Crippen LogP contribution in [-0.4, -0.2) is 28.9 Å². The molecule has 1 heterocycles. The molecule has 27 heavy (non-hydrogen) atoms. The van der Waals surface area contributed by atoms with Crippen LogP contribution in [0.5, 0.6) is 5.75 Å². The highest BCUT2D eigenvalue weighted by atomic mass is 127. The maximum Gasteiger partial charge on any atom is 0.191 e. The Bertz CT molecular complexity index is 753. The second-order valence-electron chi connectivity index (χ2n) is 6.94. The van der Waals surface area contributed by atoms with Crippen LogP contribution in [-0.2, 0) is 20.1 Å². The molecule has 0 saturated heterocycles. The Kier molecular flexibility index (Phi) is 8.40. The summed E-state index contributed by atoms with van der Waals surface area (Å²) in [5.41, 5.74) is 3.50. The van der Waals surface area contributed by atoms with Crippen molar-refractivity contribution >= 4 is 29.9 Å². The second-order valence-corrected chi connectivity index (χ2v) is 6.94. The molecule has 0 radical (unpaired) electrons. The lowest BCUT2D eigenvalue weighted by molar-refractivity contribution is 0.207. The molecule has 0 bridgehead atoms. The molecule has 0 atom stereocenters. The number of hydrogen-bond donors (Lipinski definition) is 2. The summed E-state index contributed by atoms with van der Waals surface area (Å²) in [7, 11) is 3.70. The number of rotatable bonds is 6. The number of nitrogens with one attached hydrogen (secondary N) is 2.